The van der Waals surface area contributed by atoms with Crippen LogP contribution < -0.4 is 5.32 Å². The second-order valence-corrected chi connectivity index (χ2v) is 8.87. The van der Waals surface area contributed by atoms with E-state index in [0.717, 1.165) is 6.04 Å². The molecule has 0 spiro atoms. The molecular weight excluding hydrogens is 256 g/mol. The van der Waals surface area contributed by atoms with Crippen LogP contribution in [0.3, 0.4) is 0 Å². The summed E-state index contributed by atoms with van der Waals surface area (Å²) in [5, 5.41) is 3.81. The highest BCUT2D eigenvalue weighted by Gasteiger charge is 2.35. The smallest absolute Gasteiger partial charge is 0.00967 e. The fraction of sp³-hybridized carbons (Fsp3) is 1.00. The van der Waals surface area contributed by atoms with Gasteiger partial charge >= 0.3 is 0 Å². The summed E-state index contributed by atoms with van der Waals surface area (Å²) in [4.78, 5) is 2.72. The quantitative estimate of drug-likeness (QED) is 0.798. The van der Waals surface area contributed by atoms with Crippen molar-refractivity contribution in [1.82, 2.24) is 10.2 Å². The van der Waals surface area contributed by atoms with Crippen LogP contribution in [0.15, 0.2) is 0 Å². The van der Waals surface area contributed by atoms with Gasteiger partial charge in [0.15, 0.2) is 0 Å². The Morgan fingerprint density at radius 1 is 0.952 bits per heavy atom. The van der Waals surface area contributed by atoms with Crippen LogP contribution in [0.4, 0.5) is 0 Å². The highest BCUT2D eigenvalue weighted by Crippen LogP contribution is 2.38. The maximum atomic E-state index is 3.81. The maximum absolute atomic E-state index is 3.81. The zero-order valence-electron chi connectivity index (χ0n) is 15.0. The molecule has 0 atom stereocenters. The summed E-state index contributed by atoms with van der Waals surface area (Å²) >= 11 is 0. The predicted molar refractivity (Wildman–Crippen MR) is 92.8 cm³/mol. The van der Waals surface area contributed by atoms with Gasteiger partial charge in [-0.1, -0.05) is 38.5 Å². The molecule has 0 saturated heterocycles. The van der Waals surface area contributed by atoms with E-state index in [1.165, 1.54) is 77.3 Å². The second kappa shape index (κ2) is 7.46. The van der Waals surface area contributed by atoms with Crippen LogP contribution in [0, 0.1) is 5.41 Å². The lowest BCUT2D eigenvalue weighted by Crippen LogP contribution is -2.50. The largest absolute Gasteiger partial charge is 0.311 e. The van der Waals surface area contributed by atoms with E-state index in [1.807, 2.05) is 0 Å². The Morgan fingerprint density at radius 2 is 1.52 bits per heavy atom. The number of nitrogens with zero attached hydrogens (tertiary/aromatic N) is 1. The van der Waals surface area contributed by atoms with Crippen molar-refractivity contribution in [3.05, 3.63) is 0 Å². The van der Waals surface area contributed by atoms with E-state index in [4.69, 9.17) is 0 Å². The van der Waals surface area contributed by atoms with Crippen LogP contribution in [-0.2, 0) is 0 Å². The number of nitrogens with one attached hydrogen (secondary N) is 1. The molecule has 21 heavy (non-hydrogen) atoms. The van der Waals surface area contributed by atoms with Gasteiger partial charge in [-0.2, -0.15) is 0 Å². The SMILES string of the molecule is CN(CC1(CNC(C)(C)C)CCCCC1)C1CCCCC1. The van der Waals surface area contributed by atoms with Crippen LogP contribution in [0.5, 0.6) is 0 Å². The van der Waals surface area contributed by atoms with Crippen molar-refractivity contribution in [2.75, 3.05) is 20.1 Å². The molecular formula is C19H38N2. The molecule has 2 saturated carbocycles. The standard InChI is InChI=1S/C19H38N2/c1-18(2,3)20-15-19(13-9-6-10-14-19)16-21(4)17-11-7-5-8-12-17/h17,20H,5-16H2,1-4H3. The summed E-state index contributed by atoms with van der Waals surface area (Å²) in [6.45, 7) is 9.41. The molecule has 0 radical (unpaired) electrons. The second-order valence-electron chi connectivity index (χ2n) is 8.87. The molecule has 0 aliphatic heterocycles. The van der Waals surface area contributed by atoms with Gasteiger partial charge < -0.3 is 10.2 Å². The molecule has 2 aliphatic carbocycles. The van der Waals surface area contributed by atoms with Gasteiger partial charge in [0.1, 0.15) is 0 Å². The van der Waals surface area contributed by atoms with E-state index in [9.17, 15) is 0 Å². The summed E-state index contributed by atoms with van der Waals surface area (Å²) in [6.07, 6.45) is 14.4. The molecule has 0 unspecified atom stereocenters. The molecule has 0 aromatic carbocycles. The first-order valence-electron chi connectivity index (χ1n) is 9.36. The third-order valence-electron chi connectivity index (χ3n) is 5.69. The Morgan fingerprint density at radius 3 is 2.10 bits per heavy atom. The average molecular weight is 295 g/mol. The van der Waals surface area contributed by atoms with Gasteiger partial charge in [0, 0.05) is 24.7 Å². The molecule has 0 aromatic rings. The molecule has 2 heteroatoms. The Bertz CT molecular complexity index is 293. The summed E-state index contributed by atoms with van der Waals surface area (Å²) in [6, 6.07) is 0.854. The van der Waals surface area contributed by atoms with Gasteiger partial charge in [0.2, 0.25) is 0 Å². The monoisotopic (exact) mass is 294 g/mol. The number of hydrogen-bond donors (Lipinski definition) is 1. The Kier molecular flexibility index (Phi) is 6.14. The molecule has 0 aromatic heterocycles. The summed E-state index contributed by atoms with van der Waals surface area (Å²) in [5.41, 5.74) is 0.769. The van der Waals surface area contributed by atoms with Gasteiger partial charge in [-0.05, 0) is 58.9 Å². The molecule has 1 N–H and O–H groups in total. The van der Waals surface area contributed by atoms with E-state index >= 15 is 0 Å². The van der Waals surface area contributed by atoms with Crippen molar-refractivity contribution in [3.8, 4) is 0 Å². The number of rotatable bonds is 5. The molecule has 2 aliphatic rings. The minimum Gasteiger partial charge on any atom is -0.311 e. The molecule has 124 valence electrons. The van der Waals surface area contributed by atoms with Gasteiger partial charge in [0.25, 0.3) is 0 Å². The predicted octanol–water partition coefficient (Wildman–Crippen LogP) is 4.59. The third kappa shape index (κ3) is 5.56. The van der Waals surface area contributed by atoms with Crippen LogP contribution >= 0.6 is 0 Å². The van der Waals surface area contributed by atoms with Crippen molar-refractivity contribution < 1.29 is 0 Å². The van der Waals surface area contributed by atoms with Gasteiger partial charge in [0.05, 0.1) is 0 Å². The minimum absolute atomic E-state index is 0.244. The normalized spacial score (nSPS) is 24.4. The van der Waals surface area contributed by atoms with Crippen molar-refractivity contribution in [2.24, 2.45) is 5.41 Å². The van der Waals surface area contributed by atoms with Crippen molar-refractivity contribution >= 4 is 0 Å². The lowest BCUT2D eigenvalue weighted by Gasteiger charge is -2.44. The van der Waals surface area contributed by atoms with E-state index in [0.29, 0.717) is 5.41 Å². The summed E-state index contributed by atoms with van der Waals surface area (Å²) in [7, 11) is 2.39. The molecule has 0 bridgehead atoms. The number of hydrogen-bond acceptors (Lipinski definition) is 2. The van der Waals surface area contributed by atoms with Gasteiger partial charge in [-0.25, -0.2) is 0 Å². The van der Waals surface area contributed by atoms with E-state index in [-0.39, 0.29) is 5.54 Å². The first kappa shape index (κ1) is 17.3. The first-order valence-corrected chi connectivity index (χ1v) is 9.36. The lowest BCUT2D eigenvalue weighted by molar-refractivity contribution is 0.0744. The van der Waals surface area contributed by atoms with Gasteiger partial charge in [-0.3, -0.25) is 0 Å². The van der Waals surface area contributed by atoms with E-state index < -0.39 is 0 Å². The first-order chi connectivity index (χ1) is 9.90. The van der Waals surface area contributed by atoms with Crippen molar-refractivity contribution in [3.63, 3.8) is 0 Å². The van der Waals surface area contributed by atoms with E-state index in [1.54, 1.807) is 0 Å². The summed E-state index contributed by atoms with van der Waals surface area (Å²) in [5.74, 6) is 0. The Labute approximate surface area is 133 Å². The van der Waals surface area contributed by atoms with Crippen molar-refractivity contribution in [1.29, 1.82) is 0 Å². The fourth-order valence-corrected chi connectivity index (χ4v) is 4.33. The molecule has 2 fully saturated rings. The average Bonchev–Trinajstić information content (AvgIpc) is 2.46. The van der Waals surface area contributed by atoms with E-state index in [2.05, 4.69) is 38.0 Å². The highest BCUT2D eigenvalue weighted by atomic mass is 15.1. The Balaban J connectivity index is 1.94. The molecule has 2 rings (SSSR count). The van der Waals surface area contributed by atoms with Crippen LogP contribution in [0.2, 0.25) is 0 Å². The van der Waals surface area contributed by atoms with Crippen LogP contribution in [0.1, 0.15) is 85.0 Å². The molecule has 0 heterocycles. The molecule has 2 nitrogen and oxygen atoms in total. The molecule has 0 amide bonds. The lowest BCUT2D eigenvalue weighted by atomic mass is 9.73. The zero-order chi connectivity index (χ0) is 15.3. The Hall–Kier alpha value is -0.0800. The van der Waals surface area contributed by atoms with Crippen LogP contribution in [-0.4, -0.2) is 36.6 Å². The topological polar surface area (TPSA) is 15.3 Å². The fourth-order valence-electron chi connectivity index (χ4n) is 4.33. The minimum atomic E-state index is 0.244. The van der Waals surface area contributed by atoms with Crippen LogP contribution in [0.25, 0.3) is 0 Å². The zero-order valence-corrected chi connectivity index (χ0v) is 15.0. The van der Waals surface area contributed by atoms with Crippen molar-refractivity contribution in [2.45, 2.75) is 96.6 Å². The third-order valence-corrected chi connectivity index (χ3v) is 5.69. The maximum Gasteiger partial charge on any atom is 0.00967 e. The highest BCUT2D eigenvalue weighted by molar-refractivity contribution is 4.91. The van der Waals surface area contributed by atoms with Gasteiger partial charge in [-0.15, -0.1) is 0 Å². The summed E-state index contributed by atoms with van der Waals surface area (Å²) < 4.78 is 0.